The Balaban J connectivity index is 3.30. The number of benzene rings is 1. The second-order valence-corrected chi connectivity index (χ2v) is 7.20. The van der Waals surface area contributed by atoms with Gasteiger partial charge in [-0.1, -0.05) is 13.0 Å². The molecule has 7 heteroatoms. The van der Waals surface area contributed by atoms with Crippen LogP contribution in [0.1, 0.15) is 23.7 Å². The summed E-state index contributed by atoms with van der Waals surface area (Å²) in [4.78, 5) is 11.1. The number of carboxylic acids is 1. The number of nitrogens with zero attached hydrogens (tertiary/aromatic N) is 1. The minimum Gasteiger partial charge on any atom is -0.478 e. The molecule has 0 amide bonds. The van der Waals surface area contributed by atoms with Crippen LogP contribution in [0.15, 0.2) is 35.7 Å². The van der Waals surface area contributed by atoms with Crippen LogP contribution in [-0.2, 0) is 10.0 Å². The molecule has 20 heavy (non-hydrogen) atoms. The van der Waals surface area contributed by atoms with Crippen molar-refractivity contribution in [1.29, 1.82) is 0 Å². The van der Waals surface area contributed by atoms with Crippen LogP contribution < -0.4 is 0 Å². The Morgan fingerprint density at radius 2 is 2.15 bits per heavy atom. The summed E-state index contributed by atoms with van der Waals surface area (Å²) in [5.74, 6) is -1.14. The average molecular weight is 409 g/mol. The number of carbonyl (C=O) groups is 1. The number of hydrogen-bond donors (Lipinski definition) is 1. The minimum absolute atomic E-state index is 0.00869. The van der Waals surface area contributed by atoms with E-state index in [4.69, 9.17) is 5.11 Å². The van der Waals surface area contributed by atoms with Gasteiger partial charge in [-0.25, -0.2) is 13.2 Å². The van der Waals surface area contributed by atoms with Crippen molar-refractivity contribution in [2.45, 2.75) is 18.2 Å². The van der Waals surface area contributed by atoms with Gasteiger partial charge in [-0.2, -0.15) is 4.31 Å². The van der Waals surface area contributed by atoms with E-state index in [1.807, 2.05) is 29.5 Å². The van der Waals surface area contributed by atoms with Crippen molar-refractivity contribution in [2.75, 3.05) is 13.1 Å². The predicted octanol–water partition coefficient (Wildman–Crippen LogP) is 2.58. The summed E-state index contributed by atoms with van der Waals surface area (Å²) in [6.07, 6.45) is 2.18. The first-order valence-electron chi connectivity index (χ1n) is 5.98. The molecule has 1 aromatic carbocycles. The van der Waals surface area contributed by atoms with Gasteiger partial charge in [-0.3, -0.25) is 0 Å². The molecule has 0 radical (unpaired) electrons. The lowest BCUT2D eigenvalue weighted by Gasteiger charge is -2.20. The first kappa shape index (κ1) is 17.1. The second kappa shape index (κ2) is 7.19. The molecule has 0 heterocycles. The molecule has 0 unspecified atom stereocenters. The fourth-order valence-electron chi connectivity index (χ4n) is 1.68. The van der Waals surface area contributed by atoms with E-state index in [2.05, 4.69) is 6.58 Å². The van der Waals surface area contributed by atoms with Gasteiger partial charge < -0.3 is 5.11 Å². The van der Waals surface area contributed by atoms with E-state index in [9.17, 15) is 13.2 Å². The standard InChI is InChI=1S/C13H16INO4S/c1-3-7-15(8-4-2)20(18,19)10-5-6-12(14)11(9-10)13(16)17/h3,5-6,9H,1,4,7-8H2,2H3,(H,16,17). The summed E-state index contributed by atoms with van der Waals surface area (Å²) in [6.45, 7) is 5.99. The van der Waals surface area contributed by atoms with Crippen LogP contribution in [0.25, 0.3) is 0 Å². The van der Waals surface area contributed by atoms with Crippen LogP contribution in [-0.4, -0.2) is 36.9 Å². The van der Waals surface area contributed by atoms with Crippen molar-refractivity contribution in [3.05, 3.63) is 40.0 Å². The highest BCUT2D eigenvalue weighted by molar-refractivity contribution is 14.1. The minimum atomic E-state index is -3.70. The fraction of sp³-hybridized carbons (Fsp3) is 0.308. The highest BCUT2D eigenvalue weighted by Crippen LogP contribution is 2.21. The molecule has 5 nitrogen and oxygen atoms in total. The normalized spacial score (nSPS) is 11.6. The van der Waals surface area contributed by atoms with Crippen LogP contribution in [0, 0.1) is 3.57 Å². The van der Waals surface area contributed by atoms with Crippen molar-refractivity contribution < 1.29 is 18.3 Å². The lowest BCUT2D eigenvalue weighted by molar-refractivity contribution is 0.0695. The third-order valence-corrected chi connectivity index (χ3v) is 5.41. The largest absolute Gasteiger partial charge is 0.478 e. The van der Waals surface area contributed by atoms with Crippen molar-refractivity contribution in [3.8, 4) is 0 Å². The van der Waals surface area contributed by atoms with Gasteiger partial charge in [0.05, 0.1) is 10.5 Å². The van der Waals surface area contributed by atoms with Gasteiger partial charge in [0, 0.05) is 16.7 Å². The zero-order valence-corrected chi connectivity index (χ0v) is 14.0. The maximum atomic E-state index is 12.5. The zero-order valence-electron chi connectivity index (χ0n) is 11.0. The Labute approximate surface area is 132 Å². The highest BCUT2D eigenvalue weighted by atomic mass is 127. The summed E-state index contributed by atoms with van der Waals surface area (Å²) in [6, 6.07) is 4.12. The molecule has 1 rings (SSSR count). The molecule has 0 aromatic heterocycles. The predicted molar refractivity (Wildman–Crippen MR) is 85.4 cm³/mol. The van der Waals surface area contributed by atoms with Gasteiger partial charge in [-0.15, -0.1) is 6.58 Å². The SMILES string of the molecule is C=CCN(CCC)S(=O)(=O)c1ccc(I)c(C(=O)O)c1. The van der Waals surface area contributed by atoms with Crippen LogP contribution >= 0.6 is 22.6 Å². The third kappa shape index (κ3) is 3.80. The van der Waals surface area contributed by atoms with E-state index < -0.39 is 16.0 Å². The topological polar surface area (TPSA) is 74.7 Å². The fourth-order valence-corrected chi connectivity index (χ4v) is 3.78. The molecule has 110 valence electrons. The Bertz CT molecular complexity index is 613. The van der Waals surface area contributed by atoms with Crippen molar-refractivity contribution in [2.24, 2.45) is 0 Å². The molecule has 0 aliphatic heterocycles. The van der Waals surface area contributed by atoms with E-state index in [0.717, 1.165) is 0 Å². The smallest absolute Gasteiger partial charge is 0.336 e. The van der Waals surface area contributed by atoms with Crippen molar-refractivity contribution in [1.82, 2.24) is 4.31 Å². The van der Waals surface area contributed by atoms with E-state index in [1.54, 1.807) is 0 Å². The number of rotatable bonds is 7. The maximum Gasteiger partial charge on any atom is 0.336 e. The van der Waals surface area contributed by atoms with Gasteiger partial charge in [0.1, 0.15) is 0 Å². The lowest BCUT2D eigenvalue weighted by atomic mass is 10.2. The second-order valence-electron chi connectivity index (χ2n) is 4.10. The number of halogens is 1. The van der Waals surface area contributed by atoms with Crippen LogP contribution in [0.4, 0.5) is 0 Å². The lowest BCUT2D eigenvalue weighted by Crippen LogP contribution is -2.32. The van der Waals surface area contributed by atoms with Crippen LogP contribution in [0.2, 0.25) is 0 Å². The summed E-state index contributed by atoms with van der Waals surface area (Å²) >= 11 is 1.87. The maximum absolute atomic E-state index is 12.5. The van der Waals surface area contributed by atoms with E-state index in [1.165, 1.54) is 28.6 Å². The van der Waals surface area contributed by atoms with Crippen LogP contribution in [0.5, 0.6) is 0 Å². The Morgan fingerprint density at radius 3 is 2.65 bits per heavy atom. The zero-order chi connectivity index (χ0) is 15.3. The average Bonchev–Trinajstić information content (AvgIpc) is 2.38. The van der Waals surface area contributed by atoms with Gasteiger partial charge in [-0.05, 0) is 47.2 Å². The molecule has 0 fully saturated rings. The summed E-state index contributed by atoms with van der Waals surface area (Å²) in [5, 5.41) is 9.07. The van der Waals surface area contributed by atoms with Gasteiger partial charge in [0.15, 0.2) is 0 Å². The molecule has 1 N–H and O–H groups in total. The molecule has 0 saturated carbocycles. The molecule has 1 aromatic rings. The number of carboxylic acid groups (broad SMARTS) is 1. The highest BCUT2D eigenvalue weighted by Gasteiger charge is 2.24. The van der Waals surface area contributed by atoms with E-state index >= 15 is 0 Å². The van der Waals surface area contributed by atoms with Crippen molar-refractivity contribution >= 4 is 38.6 Å². The molecular weight excluding hydrogens is 393 g/mol. The molecule has 0 aliphatic rings. The molecule has 0 atom stereocenters. The van der Waals surface area contributed by atoms with Gasteiger partial charge in [0.25, 0.3) is 0 Å². The Kier molecular flexibility index (Phi) is 6.15. The molecular formula is C13H16INO4S. The number of sulfonamides is 1. The van der Waals surface area contributed by atoms with Crippen LogP contribution in [0.3, 0.4) is 0 Å². The first-order chi connectivity index (χ1) is 9.34. The molecule has 0 saturated heterocycles. The van der Waals surface area contributed by atoms with Crippen molar-refractivity contribution in [3.63, 3.8) is 0 Å². The van der Waals surface area contributed by atoms with E-state index in [0.29, 0.717) is 16.5 Å². The summed E-state index contributed by atoms with van der Waals surface area (Å²) in [5.41, 5.74) is -0.0123. The summed E-state index contributed by atoms with van der Waals surface area (Å²) < 4.78 is 26.7. The van der Waals surface area contributed by atoms with Gasteiger partial charge in [0.2, 0.25) is 10.0 Å². The quantitative estimate of drug-likeness (QED) is 0.555. The Hall–Kier alpha value is -0.930. The number of hydrogen-bond acceptors (Lipinski definition) is 3. The molecule has 0 bridgehead atoms. The monoisotopic (exact) mass is 409 g/mol. The van der Waals surface area contributed by atoms with E-state index in [-0.39, 0.29) is 17.0 Å². The van der Waals surface area contributed by atoms with Gasteiger partial charge >= 0.3 is 5.97 Å². The Morgan fingerprint density at radius 1 is 1.50 bits per heavy atom. The third-order valence-electron chi connectivity index (χ3n) is 2.61. The number of aromatic carboxylic acids is 1. The molecule has 0 spiro atoms. The summed E-state index contributed by atoms with van der Waals surface area (Å²) in [7, 11) is -3.70. The molecule has 0 aliphatic carbocycles. The first-order valence-corrected chi connectivity index (χ1v) is 8.50.